The normalized spacial score (nSPS) is 19.3. The molecule has 2 aromatic carbocycles. The highest BCUT2D eigenvalue weighted by atomic mass is 79.9. The molecule has 5 atom stereocenters. The van der Waals surface area contributed by atoms with Crippen molar-refractivity contribution in [1.82, 2.24) is 5.06 Å². The van der Waals surface area contributed by atoms with E-state index in [1.807, 2.05) is 14.0 Å². The molecule has 13 nitrogen and oxygen atoms in total. The van der Waals surface area contributed by atoms with E-state index in [4.69, 9.17) is 33.0 Å². The number of halogens is 4. The van der Waals surface area contributed by atoms with Gasteiger partial charge in [-0.1, -0.05) is 55.0 Å². The second-order valence-corrected chi connectivity index (χ2v) is 29.3. The molecular weight excluding hydrogens is 986 g/mol. The van der Waals surface area contributed by atoms with Crippen molar-refractivity contribution in [2.75, 3.05) is 35.0 Å². The lowest BCUT2D eigenvalue weighted by Crippen LogP contribution is -2.44. The van der Waals surface area contributed by atoms with Crippen LogP contribution in [0.2, 0.25) is 36.3 Å². The standard InChI is InChI=1S/C21H31BrFNO5Si.C11H12BrFNO4.C7H18OSi.C4H8O.CH4/c1-12-17-16(11-27-30(6,7)21(2,3)4)29-24(18(17)20(25)28-12)10-13-8-14(23)9-15(22)19(13)26-5;1-17-10(15)6-14(16)5-7-3-8(13)4-9(12)11(7)18-2;1-7(2,3)9(5,6)8-4;1-3-4(2)5;/h8-9,12,16-18H,10-11H2,1-7H3;3-4,6,16H,5H2,1-2H3;1-6H3;3-5H,1H2,2H3;1H4/q;+1;;;/b;14-6-;;;/t12-,16-,17+,18-;;;4-;/m0..0./s1. The van der Waals surface area contributed by atoms with Crippen LogP contribution < -0.4 is 9.47 Å². The fourth-order valence-electron chi connectivity index (χ4n) is 5.44. The minimum atomic E-state index is -1.98. The largest absolute Gasteiger partial charge is 0.495 e. The summed E-state index contributed by atoms with van der Waals surface area (Å²) >= 11 is 6.48. The summed E-state index contributed by atoms with van der Waals surface area (Å²) in [5, 5.41) is 19.8. The molecular formula is C44H73Br2F2N2O11Si2+. The molecule has 0 saturated carbocycles. The highest BCUT2D eigenvalue weighted by Crippen LogP contribution is 2.43. The summed E-state index contributed by atoms with van der Waals surface area (Å²) in [5.41, 5.74) is 0.966. The summed E-state index contributed by atoms with van der Waals surface area (Å²) in [6.07, 6.45) is 1.38. The number of rotatable bonds is 12. The fraction of sp³-hybridized carbons (Fsp3) is 0.614. The molecule has 0 radical (unpaired) electrons. The summed E-state index contributed by atoms with van der Waals surface area (Å²) < 4.78 is 61.0. The van der Waals surface area contributed by atoms with Gasteiger partial charge in [0.2, 0.25) is 6.54 Å². The Morgan fingerprint density at radius 1 is 0.937 bits per heavy atom. The fourth-order valence-corrected chi connectivity index (χ4v) is 8.34. The van der Waals surface area contributed by atoms with Crippen LogP contribution in [0.25, 0.3) is 0 Å². The van der Waals surface area contributed by atoms with Gasteiger partial charge in [0.1, 0.15) is 41.4 Å². The van der Waals surface area contributed by atoms with Crippen LogP contribution in [0.4, 0.5) is 8.78 Å². The third kappa shape index (κ3) is 17.9. The van der Waals surface area contributed by atoms with Crippen molar-refractivity contribution in [3.8, 4) is 11.5 Å². The van der Waals surface area contributed by atoms with Gasteiger partial charge in [-0.2, -0.15) is 5.06 Å². The average molecular weight is 1060 g/mol. The van der Waals surface area contributed by atoms with Gasteiger partial charge in [0.15, 0.2) is 16.6 Å². The van der Waals surface area contributed by atoms with Gasteiger partial charge < -0.3 is 32.9 Å². The maximum absolute atomic E-state index is 14.0. The molecule has 2 fully saturated rings. The van der Waals surface area contributed by atoms with Gasteiger partial charge in [-0.15, -0.1) is 6.58 Å². The summed E-state index contributed by atoms with van der Waals surface area (Å²) in [7, 11) is 2.59. The lowest BCUT2D eigenvalue weighted by atomic mass is 9.93. The van der Waals surface area contributed by atoms with Crippen molar-refractivity contribution in [3.05, 3.63) is 68.6 Å². The van der Waals surface area contributed by atoms with E-state index in [1.54, 1.807) is 12.0 Å². The van der Waals surface area contributed by atoms with E-state index < -0.39 is 40.3 Å². The Balaban J connectivity index is 0.000000984. The maximum atomic E-state index is 14.0. The van der Waals surface area contributed by atoms with Gasteiger partial charge in [0.25, 0.3) is 6.21 Å². The highest BCUT2D eigenvalue weighted by Gasteiger charge is 2.57. The number of hydrogen-bond acceptors (Lipinski definition) is 12. The van der Waals surface area contributed by atoms with Crippen LogP contribution in [0.3, 0.4) is 0 Å². The highest BCUT2D eigenvalue weighted by molar-refractivity contribution is 9.11. The topological polar surface area (TPSA) is 145 Å². The van der Waals surface area contributed by atoms with Crippen LogP contribution in [0.5, 0.6) is 11.5 Å². The summed E-state index contributed by atoms with van der Waals surface area (Å²) in [5.74, 6) is -1.17. The van der Waals surface area contributed by atoms with Crippen LogP contribution in [-0.2, 0) is 45.8 Å². The Labute approximate surface area is 393 Å². The molecule has 360 valence electrons. The molecule has 0 amide bonds. The molecule has 0 aliphatic carbocycles. The number of benzene rings is 2. The Morgan fingerprint density at radius 3 is 1.79 bits per heavy atom. The zero-order chi connectivity index (χ0) is 48.1. The molecule has 2 saturated heterocycles. The molecule has 2 aromatic rings. The molecule has 2 aliphatic rings. The molecule has 19 heteroatoms. The number of aliphatic hydroxyl groups excluding tert-OH is 1. The van der Waals surface area contributed by atoms with Crippen molar-refractivity contribution in [1.29, 1.82) is 0 Å². The molecule has 0 spiro atoms. The predicted octanol–water partition coefficient (Wildman–Crippen LogP) is 10.2. The zero-order valence-electron chi connectivity index (χ0n) is 39.2. The number of aliphatic hydroxyl groups is 1. The van der Waals surface area contributed by atoms with Gasteiger partial charge in [-0.25, -0.2) is 13.6 Å². The monoisotopic (exact) mass is 1060 g/mol. The lowest BCUT2D eigenvalue weighted by molar-refractivity contribution is -0.783. The van der Waals surface area contributed by atoms with Crippen molar-refractivity contribution in [3.63, 3.8) is 0 Å². The Bertz CT molecular complexity index is 1840. The molecule has 2 aliphatic heterocycles. The number of hydroxylamine groups is 3. The molecule has 4 rings (SSSR count). The third-order valence-electron chi connectivity index (χ3n) is 11.2. The quantitative estimate of drug-likeness (QED) is 0.0397. The van der Waals surface area contributed by atoms with Gasteiger partial charge >= 0.3 is 11.9 Å². The van der Waals surface area contributed by atoms with Crippen molar-refractivity contribution in [2.45, 2.75) is 137 Å². The van der Waals surface area contributed by atoms with E-state index in [-0.39, 0.29) is 55.8 Å². The minimum absolute atomic E-state index is 0. The maximum Gasteiger partial charge on any atom is 0.399 e. The Kier molecular flexibility index (Phi) is 24.7. The summed E-state index contributed by atoms with van der Waals surface area (Å²) in [4.78, 5) is 29.7. The Hall–Kier alpha value is -2.76. The Morgan fingerprint density at radius 2 is 1.40 bits per heavy atom. The van der Waals surface area contributed by atoms with E-state index >= 15 is 0 Å². The number of carbonyl (C=O) groups excluding carboxylic acids is 2. The van der Waals surface area contributed by atoms with Gasteiger partial charge in [-0.3, -0.25) is 14.8 Å². The number of methoxy groups -OCH3 is 3. The van der Waals surface area contributed by atoms with Gasteiger partial charge in [0, 0.05) is 12.7 Å². The van der Waals surface area contributed by atoms with Crippen LogP contribution in [0.1, 0.15) is 73.9 Å². The number of cyclic esters (lactones) is 1. The molecule has 63 heavy (non-hydrogen) atoms. The van der Waals surface area contributed by atoms with E-state index in [0.717, 1.165) is 6.21 Å². The predicted molar refractivity (Wildman–Crippen MR) is 254 cm³/mol. The number of carbonyl (C=O) groups is 2. The first-order chi connectivity index (χ1) is 28.4. The first-order valence-corrected chi connectivity index (χ1v) is 27.4. The number of hydrogen-bond donors (Lipinski definition) is 2. The average Bonchev–Trinajstić information content (AvgIpc) is 3.66. The lowest BCUT2D eigenvalue weighted by Gasteiger charge is -2.37. The van der Waals surface area contributed by atoms with Gasteiger partial charge in [0.05, 0.1) is 61.0 Å². The first-order valence-electron chi connectivity index (χ1n) is 20.0. The first kappa shape index (κ1) is 60.2. The molecule has 0 bridgehead atoms. The third-order valence-corrected chi connectivity index (χ3v) is 21.5. The number of ether oxygens (including phenoxy) is 4. The summed E-state index contributed by atoms with van der Waals surface area (Å²) in [6, 6.07) is 4.63. The van der Waals surface area contributed by atoms with E-state index in [9.17, 15) is 23.6 Å². The number of fused-ring (bicyclic) bond motifs is 1. The smallest absolute Gasteiger partial charge is 0.399 e. The van der Waals surface area contributed by atoms with Crippen LogP contribution in [-0.4, -0.2) is 114 Å². The van der Waals surface area contributed by atoms with Crippen molar-refractivity contribution >= 4 is 66.6 Å². The minimum Gasteiger partial charge on any atom is -0.495 e. The second kappa shape index (κ2) is 25.8. The van der Waals surface area contributed by atoms with Crippen LogP contribution in [0, 0.1) is 17.6 Å². The molecule has 0 unspecified atom stereocenters. The van der Waals surface area contributed by atoms with Crippen LogP contribution >= 0.6 is 31.9 Å². The SMILES string of the molecule is C.C=C[C@H](C)O.COC(=O)/C=[N+](\O)Cc1cc(F)cc(Br)c1OC.CO[Si](C)(C)C(C)(C)C.COc1c(Br)cc(F)cc1CN1O[C@@H](CO[Si](C)(C)C(C)(C)C)[C@H]2[C@H](C)OC(=O)[C@H]21. The molecule has 2 heterocycles. The second-order valence-electron chi connectivity index (χ2n) is 17.8. The summed E-state index contributed by atoms with van der Waals surface area (Å²) in [6.45, 7) is 29.4. The van der Waals surface area contributed by atoms with E-state index in [0.29, 0.717) is 48.0 Å². The zero-order valence-corrected chi connectivity index (χ0v) is 44.3. The van der Waals surface area contributed by atoms with Gasteiger partial charge in [-0.05, 0) is 111 Å². The van der Waals surface area contributed by atoms with Crippen molar-refractivity contribution < 1.29 is 66.1 Å². The molecule has 0 aromatic heterocycles. The van der Waals surface area contributed by atoms with E-state index in [2.05, 4.69) is 111 Å². The van der Waals surface area contributed by atoms with E-state index in [1.165, 1.54) is 51.7 Å². The van der Waals surface area contributed by atoms with Crippen molar-refractivity contribution in [2.24, 2.45) is 5.92 Å². The number of nitrogens with zero attached hydrogens (tertiary/aromatic N) is 2. The van der Waals surface area contributed by atoms with Crippen LogP contribution in [0.15, 0.2) is 45.9 Å². The molecule has 2 N–H and O–H groups in total. The number of esters is 2.